The Kier molecular flexibility index (Phi) is 4.92. The molecule has 3 atom stereocenters. The Bertz CT molecular complexity index is 462. The van der Waals surface area contributed by atoms with E-state index in [9.17, 15) is 18.0 Å². The summed E-state index contributed by atoms with van der Waals surface area (Å²) in [6, 6.07) is -0.894. The fourth-order valence-corrected chi connectivity index (χ4v) is 2.85. The number of carbonyl (C=O) groups is 2. The van der Waals surface area contributed by atoms with Crippen LogP contribution in [0.25, 0.3) is 0 Å². The van der Waals surface area contributed by atoms with Gasteiger partial charge in [-0.05, 0) is 12.3 Å². The molecule has 1 saturated heterocycles. The molecule has 0 spiro atoms. The number of nitrogens with zero attached hydrogens (tertiary/aromatic N) is 1. The lowest BCUT2D eigenvalue weighted by atomic mass is 9.99. The molecule has 1 rings (SSSR count). The second kappa shape index (κ2) is 5.87. The molecule has 1 heterocycles. The van der Waals surface area contributed by atoms with Gasteiger partial charge in [0.05, 0.1) is 17.7 Å². The van der Waals surface area contributed by atoms with E-state index in [4.69, 9.17) is 10.8 Å². The molecule has 8 heteroatoms. The maximum absolute atomic E-state index is 12.0. The van der Waals surface area contributed by atoms with Crippen LogP contribution < -0.4 is 5.73 Å². The molecule has 0 aromatic heterocycles. The highest BCUT2D eigenvalue weighted by Gasteiger charge is 2.38. The van der Waals surface area contributed by atoms with E-state index in [0.717, 1.165) is 6.26 Å². The van der Waals surface area contributed by atoms with E-state index in [1.54, 1.807) is 6.92 Å². The van der Waals surface area contributed by atoms with Crippen molar-refractivity contribution in [2.45, 2.75) is 19.4 Å². The molecule has 0 radical (unpaired) electrons. The van der Waals surface area contributed by atoms with Crippen molar-refractivity contribution in [1.82, 2.24) is 4.90 Å². The summed E-state index contributed by atoms with van der Waals surface area (Å²) in [5.74, 6) is -2.15. The lowest BCUT2D eigenvalue weighted by Gasteiger charge is -2.20. The Labute approximate surface area is 112 Å². The molecule has 3 unspecified atom stereocenters. The van der Waals surface area contributed by atoms with Crippen LogP contribution in [0.2, 0.25) is 0 Å². The van der Waals surface area contributed by atoms with Crippen LogP contribution in [0.1, 0.15) is 13.3 Å². The van der Waals surface area contributed by atoms with Crippen LogP contribution in [-0.4, -0.2) is 61.4 Å². The van der Waals surface area contributed by atoms with Crippen LogP contribution in [0, 0.1) is 11.8 Å². The van der Waals surface area contributed by atoms with Gasteiger partial charge in [-0.15, -0.1) is 0 Å². The molecule has 110 valence electrons. The number of carboxylic acids is 1. The number of rotatable bonds is 5. The summed E-state index contributed by atoms with van der Waals surface area (Å²) in [4.78, 5) is 24.4. The fraction of sp³-hybridized carbons (Fsp3) is 0.818. The molecule has 0 aliphatic carbocycles. The maximum atomic E-state index is 12.0. The zero-order chi connectivity index (χ0) is 14.8. The predicted octanol–water partition coefficient (Wildman–Crippen LogP) is -1.07. The maximum Gasteiger partial charge on any atom is 0.308 e. The molecule has 19 heavy (non-hydrogen) atoms. The standard InChI is InChI=1S/C11H20N2O5S/c1-7-5-13(6-8(7)11(15)16)10(14)9(12)3-4-19(2,17)18/h7-9H,3-6,12H2,1-2H3,(H,15,16). The van der Waals surface area contributed by atoms with Gasteiger partial charge < -0.3 is 15.7 Å². The van der Waals surface area contributed by atoms with Crippen LogP contribution >= 0.6 is 0 Å². The third-order valence-corrected chi connectivity index (χ3v) is 4.34. The molecular weight excluding hydrogens is 272 g/mol. The Hall–Kier alpha value is -1.15. The van der Waals surface area contributed by atoms with Crippen LogP contribution in [0.5, 0.6) is 0 Å². The van der Waals surface area contributed by atoms with Crippen molar-refractivity contribution in [3.8, 4) is 0 Å². The monoisotopic (exact) mass is 292 g/mol. The average molecular weight is 292 g/mol. The summed E-state index contributed by atoms with van der Waals surface area (Å²) in [7, 11) is -3.16. The van der Waals surface area contributed by atoms with Crippen molar-refractivity contribution >= 4 is 21.7 Å². The molecule has 1 fully saturated rings. The molecule has 0 aromatic carbocycles. The van der Waals surface area contributed by atoms with Gasteiger partial charge in [0.15, 0.2) is 0 Å². The number of carbonyl (C=O) groups excluding carboxylic acids is 1. The van der Waals surface area contributed by atoms with E-state index in [0.29, 0.717) is 6.54 Å². The summed E-state index contributed by atoms with van der Waals surface area (Å²) < 4.78 is 22.0. The highest BCUT2D eigenvalue weighted by molar-refractivity contribution is 7.90. The number of likely N-dealkylation sites (tertiary alicyclic amines) is 1. The van der Waals surface area contributed by atoms with E-state index in [-0.39, 0.29) is 30.5 Å². The van der Waals surface area contributed by atoms with Crippen LogP contribution in [-0.2, 0) is 19.4 Å². The van der Waals surface area contributed by atoms with Crippen LogP contribution in [0.3, 0.4) is 0 Å². The summed E-state index contributed by atoms with van der Waals surface area (Å²) in [5.41, 5.74) is 5.67. The van der Waals surface area contributed by atoms with E-state index in [1.807, 2.05) is 0 Å². The minimum atomic E-state index is -3.16. The van der Waals surface area contributed by atoms with Gasteiger partial charge in [0.25, 0.3) is 0 Å². The first-order chi connectivity index (χ1) is 8.61. The SMILES string of the molecule is CC1CN(C(=O)C(N)CCS(C)(=O)=O)CC1C(=O)O. The highest BCUT2D eigenvalue weighted by atomic mass is 32.2. The van der Waals surface area contributed by atoms with Crippen molar-refractivity contribution in [2.75, 3.05) is 25.1 Å². The van der Waals surface area contributed by atoms with Crippen LogP contribution in [0.15, 0.2) is 0 Å². The van der Waals surface area contributed by atoms with E-state index in [2.05, 4.69) is 0 Å². The van der Waals surface area contributed by atoms with Gasteiger partial charge in [-0.3, -0.25) is 9.59 Å². The Balaban J connectivity index is 2.57. The van der Waals surface area contributed by atoms with Gasteiger partial charge in [0.1, 0.15) is 9.84 Å². The normalized spacial score (nSPS) is 25.3. The van der Waals surface area contributed by atoms with Crippen LogP contribution in [0.4, 0.5) is 0 Å². The van der Waals surface area contributed by atoms with Gasteiger partial charge in [-0.25, -0.2) is 8.42 Å². The second-order valence-electron chi connectivity index (χ2n) is 5.19. The van der Waals surface area contributed by atoms with Gasteiger partial charge in [-0.2, -0.15) is 0 Å². The number of aliphatic carboxylic acids is 1. The molecule has 1 aliphatic rings. The lowest BCUT2D eigenvalue weighted by molar-refractivity contribution is -0.142. The van der Waals surface area contributed by atoms with Crippen molar-refractivity contribution in [3.05, 3.63) is 0 Å². The molecule has 0 bridgehead atoms. The zero-order valence-corrected chi connectivity index (χ0v) is 11.9. The lowest BCUT2D eigenvalue weighted by Crippen LogP contribution is -2.43. The van der Waals surface area contributed by atoms with Crippen molar-refractivity contribution in [3.63, 3.8) is 0 Å². The van der Waals surface area contributed by atoms with E-state index in [1.165, 1.54) is 4.90 Å². The molecule has 0 saturated carbocycles. The first kappa shape index (κ1) is 15.9. The largest absolute Gasteiger partial charge is 0.481 e. The number of carboxylic acid groups (broad SMARTS) is 1. The quantitative estimate of drug-likeness (QED) is 0.666. The van der Waals surface area contributed by atoms with Crippen molar-refractivity contribution < 1.29 is 23.1 Å². The van der Waals surface area contributed by atoms with Gasteiger partial charge in [0.2, 0.25) is 5.91 Å². The first-order valence-corrected chi connectivity index (χ1v) is 8.12. The summed E-state index contributed by atoms with van der Waals surface area (Å²) in [6.07, 6.45) is 1.14. The topological polar surface area (TPSA) is 118 Å². The Morgan fingerprint density at radius 2 is 2.00 bits per heavy atom. The number of amides is 1. The average Bonchev–Trinajstić information content (AvgIpc) is 2.66. The van der Waals surface area contributed by atoms with Gasteiger partial charge >= 0.3 is 5.97 Å². The predicted molar refractivity (Wildman–Crippen MR) is 69.2 cm³/mol. The minimum absolute atomic E-state index is 0.0558. The first-order valence-electron chi connectivity index (χ1n) is 6.06. The summed E-state index contributed by atoms with van der Waals surface area (Å²) in [6.45, 7) is 2.26. The fourth-order valence-electron chi connectivity index (χ4n) is 2.17. The molecule has 0 aromatic rings. The molecule has 1 aliphatic heterocycles. The Morgan fingerprint density at radius 3 is 2.42 bits per heavy atom. The van der Waals surface area contributed by atoms with Gasteiger partial charge in [0, 0.05) is 19.3 Å². The molecule has 1 amide bonds. The van der Waals surface area contributed by atoms with E-state index >= 15 is 0 Å². The van der Waals surface area contributed by atoms with Crippen molar-refractivity contribution in [1.29, 1.82) is 0 Å². The van der Waals surface area contributed by atoms with E-state index < -0.39 is 27.8 Å². The second-order valence-corrected chi connectivity index (χ2v) is 7.45. The zero-order valence-electron chi connectivity index (χ0n) is 11.1. The Morgan fingerprint density at radius 1 is 1.42 bits per heavy atom. The summed E-state index contributed by atoms with van der Waals surface area (Å²) in [5, 5.41) is 8.98. The smallest absolute Gasteiger partial charge is 0.308 e. The highest BCUT2D eigenvalue weighted by Crippen LogP contribution is 2.23. The molecular formula is C11H20N2O5S. The third kappa shape index (κ3) is 4.46. The van der Waals surface area contributed by atoms with Crippen molar-refractivity contribution in [2.24, 2.45) is 17.6 Å². The number of hydrogen-bond acceptors (Lipinski definition) is 5. The molecule has 7 nitrogen and oxygen atoms in total. The third-order valence-electron chi connectivity index (χ3n) is 3.36. The summed E-state index contributed by atoms with van der Waals surface area (Å²) >= 11 is 0. The molecule has 3 N–H and O–H groups in total. The van der Waals surface area contributed by atoms with Gasteiger partial charge in [-0.1, -0.05) is 6.92 Å². The number of hydrogen-bond donors (Lipinski definition) is 2. The number of sulfone groups is 1. The minimum Gasteiger partial charge on any atom is -0.481 e. The number of nitrogens with two attached hydrogens (primary N) is 1.